The fourth-order valence-electron chi connectivity index (χ4n) is 3.55. The van der Waals surface area contributed by atoms with E-state index in [0.29, 0.717) is 11.6 Å². The Morgan fingerprint density at radius 3 is 3.00 bits per heavy atom. The first-order chi connectivity index (χ1) is 9.10. The minimum atomic E-state index is -0.441. The van der Waals surface area contributed by atoms with Gasteiger partial charge in [-0.05, 0) is 35.2 Å². The minimum Gasteiger partial charge on any atom is -0.396 e. The van der Waals surface area contributed by atoms with E-state index in [1.54, 1.807) is 12.4 Å². The molecule has 19 heavy (non-hydrogen) atoms. The quantitative estimate of drug-likeness (QED) is 0.833. The molecule has 1 aliphatic carbocycles. The van der Waals surface area contributed by atoms with Crippen LogP contribution < -0.4 is 10.6 Å². The number of nitrogens with two attached hydrogens (primary N) is 1. The van der Waals surface area contributed by atoms with Crippen molar-refractivity contribution in [2.24, 2.45) is 5.92 Å². The summed E-state index contributed by atoms with van der Waals surface area (Å²) in [7, 11) is 0. The molecule has 0 aromatic carbocycles. The number of aromatic nitrogens is 1. The van der Waals surface area contributed by atoms with Gasteiger partial charge in [0, 0.05) is 25.2 Å². The minimum absolute atomic E-state index is 0.370. The Labute approximate surface area is 122 Å². The summed E-state index contributed by atoms with van der Waals surface area (Å²) in [6.07, 6.45) is 8.79. The standard InChI is InChI=1S/C14H20BrN3O/c15-11-7-17-8-12(16)13(11)18-6-5-14(19)4-2-1-3-10(14)9-18/h7-8,10,19H,1-6,9,16H2. The number of aliphatic hydroxyl groups is 1. The molecular weight excluding hydrogens is 306 g/mol. The van der Waals surface area contributed by atoms with Crippen LogP contribution in [0.5, 0.6) is 0 Å². The lowest BCUT2D eigenvalue weighted by Gasteiger charge is -2.48. The summed E-state index contributed by atoms with van der Waals surface area (Å²) >= 11 is 3.54. The Kier molecular flexibility index (Phi) is 3.43. The third-order valence-corrected chi connectivity index (χ3v) is 5.23. The highest BCUT2D eigenvalue weighted by atomic mass is 79.9. The Balaban J connectivity index is 1.85. The topological polar surface area (TPSA) is 62.4 Å². The first kappa shape index (κ1) is 13.2. The van der Waals surface area contributed by atoms with Crippen LogP contribution in [0.1, 0.15) is 32.1 Å². The van der Waals surface area contributed by atoms with Gasteiger partial charge >= 0.3 is 0 Å². The van der Waals surface area contributed by atoms with Crippen molar-refractivity contribution >= 4 is 27.3 Å². The van der Waals surface area contributed by atoms with Gasteiger partial charge in [0.05, 0.1) is 27.6 Å². The predicted molar refractivity (Wildman–Crippen MR) is 80.1 cm³/mol. The first-order valence-electron chi connectivity index (χ1n) is 6.96. The van der Waals surface area contributed by atoms with E-state index >= 15 is 0 Å². The maximum absolute atomic E-state index is 10.7. The molecular formula is C14H20BrN3O. The van der Waals surface area contributed by atoms with E-state index in [1.807, 2.05) is 0 Å². The summed E-state index contributed by atoms with van der Waals surface area (Å²) in [5.41, 5.74) is 7.35. The monoisotopic (exact) mass is 325 g/mol. The van der Waals surface area contributed by atoms with Crippen molar-refractivity contribution in [2.45, 2.75) is 37.7 Å². The third kappa shape index (κ3) is 2.34. The van der Waals surface area contributed by atoms with Gasteiger partial charge in [-0.3, -0.25) is 4.98 Å². The van der Waals surface area contributed by atoms with E-state index in [4.69, 9.17) is 5.73 Å². The SMILES string of the molecule is Nc1cncc(Br)c1N1CCC2(O)CCCCC2C1. The van der Waals surface area contributed by atoms with Crippen LogP contribution in [-0.4, -0.2) is 28.8 Å². The van der Waals surface area contributed by atoms with Crippen LogP contribution in [-0.2, 0) is 0 Å². The molecule has 1 aliphatic heterocycles. The smallest absolute Gasteiger partial charge is 0.0776 e. The van der Waals surface area contributed by atoms with Gasteiger partial charge in [0.15, 0.2) is 0 Å². The Hall–Kier alpha value is -0.810. The van der Waals surface area contributed by atoms with Crippen molar-refractivity contribution in [3.63, 3.8) is 0 Å². The van der Waals surface area contributed by atoms with Crippen LogP contribution in [0.2, 0.25) is 0 Å². The lowest BCUT2D eigenvalue weighted by atomic mass is 9.71. The molecule has 2 unspecified atom stereocenters. The maximum Gasteiger partial charge on any atom is 0.0776 e. The van der Waals surface area contributed by atoms with Gasteiger partial charge in [-0.2, -0.15) is 0 Å². The number of hydrogen-bond acceptors (Lipinski definition) is 4. The van der Waals surface area contributed by atoms with Gasteiger partial charge in [0.1, 0.15) is 0 Å². The number of nitrogen functional groups attached to an aromatic ring is 1. The zero-order valence-corrected chi connectivity index (χ0v) is 12.6. The number of anilines is 2. The van der Waals surface area contributed by atoms with Crippen LogP contribution in [0.3, 0.4) is 0 Å². The summed E-state index contributed by atoms with van der Waals surface area (Å²) in [5.74, 6) is 0.370. The normalized spacial score (nSPS) is 31.1. The van der Waals surface area contributed by atoms with E-state index in [0.717, 1.165) is 48.9 Å². The van der Waals surface area contributed by atoms with Crippen LogP contribution in [0.15, 0.2) is 16.9 Å². The van der Waals surface area contributed by atoms with Crippen LogP contribution in [0, 0.1) is 5.92 Å². The number of piperidine rings is 1. The number of halogens is 1. The number of hydrogen-bond donors (Lipinski definition) is 2. The molecule has 2 aliphatic rings. The number of rotatable bonds is 1. The fourth-order valence-corrected chi connectivity index (χ4v) is 4.15. The molecule has 104 valence electrons. The van der Waals surface area contributed by atoms with Crippen molar-refractivity contribution < 1.29 is 5.11 Å². The van der Waals surface area contributed by atoms with E-state index < -0.39 is 5.60 Å². The van der Waals surface area contributed by atoms with Gasteiger partial charge in [-0.25, -0.2) is 0 Å². The van der Waals surface area contributed by atoms with Crippen molar-refractivity contribution in [1.82, 2.24) is 4.98 Å². The van der Waals surface area contributed by atoms with Crippen molar-refractivity contribution in [1.29, 1.82) is 0 Å². The zero-order chi connectivity index (χ0) is 13.5. The number of nitrogens with zero attached hydrogens (tertiary/aromatic N) is 2. The van der Waals surface area contributed by atoms with Gasteiger partial charge in [0.25, 0.3) is 0 Å². The molecule has 2 fully saturated rings. The van der Waals surface area contributed by atoms with Gasteiger partial charge < -0.3 is 15.7 Å². The van der Waals surface area contributed by atoms with E-state index in [9.17, 15) is 5.11 Å². The molecule has 2 atom stereocenters. The molecule has 0 radical (unpaired) electrons. The van der Waals surface area contributed by atoms with Crippen LogP contribution in [0.25, 0.3) is 0 Å². The molecule has 0 bridgehead atoms. The highest BCUT2D eigenvalue weighted by Crippen LogP contribution is 2.43. The fraction of sp³-hybridized carbons (Fsp3) is 0.643. The second-order valence-electron chi connectivity index (χ2n) is 5.80. The molecule has 2 heterocycles. The van der Waals surface area contributed by atoms with E-state index in [-0.39, 0.29) is 0 Å². The van der Waals surface area contributed by atoms with E-state index in [2.05, 4.69) is 25.8 Å². The molecule has 1 saturated heterocycles. The molecule has 3 N–H and O–H groups in total. The second kappa shape index (κ2) is 4.94. The third-order valence-electron chi connectivity index (χ3n) is 4.65. The predicted octanol–water partition coefficient (Wildman–Crippen LogP) is 2.56. The number of pyridine rings is 1. The zero-order valence-electron chi connectivity index (χ0n) is 11.0. The highest BCUT2D eigenvalue weighted by molar-refractivity contribution is 9.10. The van der Waals surface area contributed by atoms with E-state index in [1.165, 1.54) is 6.42 Å². The average Bonchev–Trinajstić information content (AvgIpc) is 2.38. The Morgan fingerprint density at radius 2 is 2.21 bits per heavy atom. The summed E-state index contributed by atoms with van der Waals surface area (Å²) in [5, 5.41) is 10.7. The van der Waals surface area contributed by atoms with Crippen molar-refractivity contribution in [3.8, 4) is 0 Å². The molecule has 1 saturated carbocycles. The van der Waals surface area contributed by atoms with Crippen molar-refractivity contribution in [3.05, 3.63) is 16.9 Å². The Bertz CT molecular complexity index is 462. The lowest BCUT2D eigenvalue weighted by Crippen LogP contribution is -2.53. The van der Waals surface area contributed by atoms with Crippen molar-refractivity contribution in [2.75, 3.05) is 23.7 Å². The lowest BCUT2D eigenvalue weighted by molar-refractivity contribution is -0.0612. The summed E-state index contributed by atoms with van der Waals surface area (Å²) in [6.45, 7) is 1.75. The molecule has 1 aromatic heterocycles. The molecule has 1 aromatic rings. The molecule has 0 amide bonds. The maximum atomic E-state index is 10.7. The molecule has 3 rings (SSSR count). The average molecular weight is 326 g/mol. The van der Waals surface area contributed by atoms with Crippen LogP contribution in [0.4, 0.5) is 11.4 Å². The van der Waals surface area contributed by atoms with Gasteiger partial charge in [-0.1, -0.05) is 12.8 Å². The largest absolute Gasteiger partial charge is 0.396 e. The second-order valence-corrected chi connectivity index (χ2v) is 6.66. The molecule has 4 nitrogen and oxygen atoms in total. The first-order valence-corrected chi connectivity index (χ1v) is 7.76. The van der Waals surface area contributed by atoms with Gasteiger partial charge in [0.2, 0.25) is 0 Å². The molecule has 0 spiro atoms. The highest BCUT2D eigenvalue weighted by Gasteiger charge is 2.43. The summed E-state index contributed by atoms with van der Waals surface area (Å²) < 4.78 is 0.939. The van der Waals surface area contributed by atoms with Gasteiger partial charge in [-0.15, -0.1) is 0 Å². The number of fused-ring (bicyclic) bond motifs is 1. The Morgan fingerprint density at radius 1 is 1.37 bits per heavy atom. The molecule has 5 heteroatoms. The summed E-state index contributed by atoms with van der Waals surface area (Å²) in [6, 6.07) is 0. The van der Waals surface area contributed by atoms with Crippen LogP contribution >= 0.6 is 15.9 Å². The summed E-state index contributed by atoms with van der Waals surface area (Å²) in [4.78, 5) is 6.38.